The minimum absolute atomic E-state index is 0.299. The van der Waals surface area contributed by atoms with E-state index in [1.807, 2.05) is 5.38 Å². The molecule has 2 fully saturated rings. The molecule has 6 heteroatoms. The normalized spacial score (nSPS) is 24.8. The van der Waals surface area contributed by atoms with Gasteiger partial charge in [0.2, 0.25) is 10.0 Å². The second-order valence-corrected chi connectivity index (χ2v) is 9.34. The molecular formula is C14H22N2O2S2. The van der Waals surface area contributed by atoms with Crippen molar-refractivity contribution in [1.29, 1.82) is 0 Å². The number of sulfonamides is 1. The van der Waals surface area contributed by atoms with Crippen LogP contribution in [0, 0.1) is 11.3 Å². The van der Waals surface area contributed by atoms with Gasteiger partial charge in [-0.25, -0.2) is 13.1 Å². The molecule has 2 saturated carbocycles. The van der Waals surface area contributed by atoms with E-state index in [0.717, 1.165) is 11.3 Å². The first-order chi connectivity index (χ1) is 9.38. The Morgan fingerprint density at radius 2 is 2.10 bits per heavy atom. The van der Waals surface area contributed by atoms with Crippen LogP contribution in [0.15, 0.2) is 16.3 Å². The maximum Gasteiger partial charge on any atom is 0.241 e. The van der Waals surface area contributed by atoms with Crippen LogP contribution in [0.1, 0.15) is 38.0 Å². The average molecular weight is 314 g/mol. The van der Waals surface area contributed by atoms with E-state index < -0.39 is 10.0 Å². The zero-order valence-electron chi connectivity index (χ0n) is 12.0. The molecule has 112 valence electrons. The van der Waals surface area contributed by atoms with Gasteiger partial charge in [-0.15, -0.1) is 11.3 Å². The van der Waals surface area contributed by atoms with E-state index in [1.165, 1.54) is 24.2 Å². The third-order valence-electron chi connectivity index (χ3n) is 4.36. The summed E-state index contributed by atoms with van der Waals surface area (Å²) in [5.41, 5.74) is 0.299. The molecule has 1 unspecified atom stereocenters. The predicted molar refractivity (Wildman–Crippen MR) is 81.3 cm³/mol. The third-order valence-corrected chi connectivity index (χ3v) is 6.92. The molecule has 2 N–H and O–H groups in total. The van der Waals surface area contributed by atoms with E-state index in [4.69, 9.17) is 0 Å². The lowest BCUT2D eigenvalue weighted by atomic mass is 10.1. The summed E-state index contributed by atoms with van der Waals surface area (Å²) in [7, 11) is -3.36. The van der Waals surface area contributed by atoms with Gasteiger partial charge in [-0.3, -0.25) is 0 Å². The number of nitrogens with one attached hydrogen (secondary N) is 2. The standard InChI is InChI=1S/C14H22N2O2S2/c1-14(2)7-10(14)8-16-20(17,18)13-5-6-19-12(13)9-15-11-3-4-11/h5-6,10-11,15-16H,3-4,7-9H2,1-2H3. The molecule has 1 aromatic heterocycles. The Balaban J connectivity index is 1.62. The van der Waals surface area contributed by atoms with Crippen LogP contribution in [0.2, 0.25) is 0 Å². The van der Waals surface area contributed by atoms with E-state index in [-0.39, 0.29) is 0 Å². The number of rotatable bonds is 7. The van der Waals surface area contributed by atoms with Gasteiger partial charge in [0.15, 0.2) is 0 Å². The van der Waals surface area contributed by atoms with Gasteiger partial charge in [0.1, 0.15) is 0 Å². The predicted octanol–water partition coefficient (Wildman–Crippen LogP) is 2.32. The van der Waals surface area contributed by atoms with Crippen molar-refractivity contribution >= 4 is 21.4 Å². The van der Waals surface area contributed by atoms with Crippen molar-refractivity contribution in [2.45, 2.75) is 50.6 Å². The molecule has 0 saturated heterocycles. The molecule has 0 amide bonds. The Morgan fingerprint density at radius 1 is 1.40 bits per heavy atom. The van der Waals surface area contributed by atoms with Crippen LogP contribution in [0.3, 0.4) is 0 Å². The molecule has 3 rings (SSSR count). The van der Waals surface area contributed by atoms with Crippen LogP contribution in [-0.4, -0.2) is 21.0 Å². The van der Waals surface area contributed by atoms with Crippen LogP contribution < -0.4 is 10.0 Å². The first-order valence-electron chi connectivity index (χ1n) is 7.18. The highest BCUT2D eigenvalue weighted by atomic mass is 32.2. The second-order valence-electron chi connectivity index (χ2n) is 6.60. The number of thiophene rings is 1. The quantitative estimate of drug-likeness (QED) is 0.812. The zero-order valence-corrected chi connectivity index (χ0v) is 13.6. The molecule has 0 bridgehead atoms. The highest BCUT2D eigenvalue weighted by Crippen LogP contribution is 2.51. The zero-order chi connectivity index (χ0) is 14.4. The number of hydrogen-bond donors (Lipinski definition) is 2. The minimum atomic E-state index is -3.36. The lowest BCUT2D eigenvalue weighted by Crippen LogP contribution is -2.28. The maximum atomic E-state index is 12.4. The van der Waals surface area contributed by atoms with Crippen molar-refractivity contribution in [2.24, 2.45) is 11.3 Å². The summed E-state index contributed by atoms with van der Waals surface area (Å²) in [6, 6.07) is 2.31. The fraction of sp³-hybridized carbons (Fsp3) is 0.714. The fourth-order valence-corrected chi connectivity index (χ4v) is 4.91. The second kappa shape index (κ2) is 5.09. The van der Waals surface area contributed by atoms with Gasteiger partial charge in [-0.2, -0.15) is 0 Å². The first kappa shape index (κ1) is 14.5. The van der Waals surface area contributed by atoms with E-state index in [1.54, 1.807) is 6.07 Å². The van der Waals surface area contributed by atoms with Crippen molar-refractivity contribution in [3.63, 3.8) is 0 Å². The minimum Gasteiger partial charge on any atom is -0.309 e. The molecule has 1 atom stereocenters. The summed E-state index contributed by atoms with van der Waals surface area (Å²) >= 11 is 1.51. The van der Waals surface area contributed by atoms with Crippen LogP contribution in [0.4, 0.5) is 0 Å². The number of hydrogen-bond acceptors (Lipinski definition) is 4. The summed E-state index contributed by atoms with van der Waals surface area (Å²) in [5.74, 6) is 0.476. The van der Waals surface area contributed by atoms with E-state index in [2.05, 4.69) is 23.9 Å². The Labute approximate surface area is 125 Å². The van der Waals surface area contributed by atoms with Crippen molar-refractivity contribution < 1.29 is 8.42 Å². The van der Waals surface area contributed by atoms with Gasteiger partial charge in [0, 0.05) is 24.0 Å². The monoisotopic (exact) mass is 314 g/mol. The Hall–Kier alpha value is -0.430. The van der Waals surface area contributed by atoms with Crippen LogP contribution >= 0.6 is 11.3 Å². The molecule has 1 aromatic rings. The Bertz CT molecular complexity index is 588. The molecule has 20 heavy (non-hydrogen) atoms. The smallest absolute Gasteiger partial charge is 0.241 e. The Kier molecular flexibility index (Phi) is 3.69. The van der Waals surface area contributed by atoms with E-state index in [0.29, 0.717) is 35.4 Å². The van der Waals surface area contributed by atoms with Gasteiger partial charge in [0.05, 0.1) is 4.90 Å². The molecular weight excluding hydrogens is 292 g/mol. The van der Waals surface area contributed by atoms with Crippen molar-refractivity contribution in [3.8, 4) is 0 Å². The van der Waals surface area contributed by atoms with E-state index in [9.17, 15) is 8.42 Å². The molecule has 1 heterocycles. The fourth-order valence-electron chi connectivity index (χ4n) is 2.43. The van der Waals surface area contributed by atoms with Gasteiger partial charge in [-0.1, -0.05) is 13.8 Å². The molecule has 0 aliphatic heterocycles. The van der Waals surface area contributed by atoms with Gasteiger partial charge >= 0.3 is 0 Å². The Morgan fingerprint density at radius 3 is 2.70 bits per heavy atom. The molecule has 0 radical (unpaired) electrons. The third kappa shape index (κ3) is 3.24. The summed E-state index contributed by atoms with van der Waals surface area (Å²) in [5, 5.41) is 5.24. The maximum absolute atomic E-state index is 12.4. The van der Waals surface area contributed by atoms with Crippen molar-refractivity contribution in [3.05, 3.63) is 16.3 Å². The molecule has 4 nitrogen and oxygen atoms in total. The topological polar surface area (TPSA) is 58.2 Å². The summed E-state index contributed by atoms with van der Waals surface area (Å²) in [6.07, 6.45) is 3.53. The molecule has 2 aliphatic carbocycles. The van der Waals surface area contributed by atoms with Crippen LogP contribution in [0.5, 0.6) is 0 Å². The summed E-state index contributed by atoms with van der Waals surface area (Å²) in [6.45, 7) is 5.58. The van der Waals surface area contributed by atoms with Gasteiger partial charge in [-0.05, 0) is 42.0 Å². The van der Waals surface area contributed by atoms with Crippen LogP contribution in [0.25, 0.3) is 0 Å². The highest BCUT2D eigenvalue weighted by Gasteiger charge is 2.45. The summed E-state index contributed by atoms with van der Waals surface area (Å²) in [4.78, 5) is 1.37. The van der Waals surface area contributed by atoms with Gasteiger partial charge < -0.3 is 5.32 Å². The summed E-state index contributed by atoms with van der Waals surface area (Å²) < 4.78 is 27.5. The lowest BCUT2D eigenvalue weighted by molar-refractivity contribution is 0.537. The molecule has 0 spiro atoms. The molecule has 0 aromatic carbocycles. The average Bonchev–Trinajstić information content (AvgIpc) is 3.24. The molecule has 2 aliphatic rings. The van der Waals surface area contributed by atoms with Crippen LogP contribution in [-0.2, 0) is 16.6 Å². The van der Waals surface area contributed by atoms with Crippen molar-refractivity contribution in [2.75, 3.05) is 6.54 Å². The SMILES string of the molecule is CC1(C)CC1CNS(=O)(=O)c1ccsc1CNC1CC1. The largest absolute Gasteiger partial charge is 0.309 e. The van der Waals surface area contributed by atoms with Crippen molar-refractivity contribution in [1.82, 2.24) is 10.0 Å². The first-order valence-corrected chi connectivity index (χ1v) is 9.54. The van der Waals surface area contributed by atoms with E-state index >= 15 is 0 Å². The lowest BCUT2D eigenvalue weighted by Gasteiger charge is -2.09. The highest BCUT2D eigenvalue weighted by molar-refractivity contribution is 7.89. The van der Waals surface area contributed by atoms with Gasteiger partial charge in [0.25, 0.3) is 0 Å².